The summed E-state index contributed by atoms with van der Waals surface area (Å²) >= 11 is 1.63. The zero-order valence-electron chi connectivity index (χ0n) is 7.93. The third-order valence-corrected chi connectivity index (χ3v) is 2.63. The molecule has 1 rings (SSSR count). The van der Waals surface area contributed by atoms with Crippen molar-refractivity contribution in [2.24, 2.45) is 5.73 Å². The van der Waals surface area contributed by atoms with Crippen LogP contribution in [0.5, 0.6) is 0 Å². The number of nitrogens with two attached hydrogens (primary N) is 1. The second-order valence-corrected chi connectivity index (χ2v) is 3.88. The van der Waals surface area contributed by atoms with Crippen LogP contribution in [-0.2, 0) is 11.2 Å². The topological polar surface area (TPSA) is 63.3 Å². The van der Waals surface area contributed by atoms with Gasteiger partial charge in [-0.25, -0.2) is 0 Å². The van der Waals surface area contributed by atoms with Gasteiger partial charge in [-0.05, 0) is 30.4 Å². The lowest BCUT2D eigenvalue weighted by atomic mass is 10.1. The molecule has 1 aromatic rings. The molecule has 1 unspecified atom stereocenters. The molecular weight excluding hydrogens is 198 g/mol. The Morgan fingerprint density at radius 1 is 1.64 bits per heavy atom. The molecule has 0 saturated heterocycles. The number of thioether (sulfide) groups is 1. The predicted molar refractivity (Wildman–Crippen MR) is 57.5 cm³/mol. The smallest absolute Gasteiger partial charge is 0.320 e. The molecule has 14 heavy (non-hydrogen) atoms. The van der Waals surface area contributed by atoms with Crippen molar-refractivity contribution in [3.8, 4) is 0 Å². The fraction of sp³-hybridized carbons (Fsp3) is 0.300. The lowest BCUT2D eigenvalue weighted by Gasteiger charge is -2.07. The third-order valence-electron chi connectivity index (χ3n) is 1.91. The minimum absolute atomic E-state index is 0.379. The molecule has 1 aromatic carbocycles. The maximum absolute atomic E-state index is 10.5. The zero-order valence-corrected chi connectivity index (χ0v) is 8.75. The summed E-state index contributed by atoms with van der Waals surface area (Å²) in [4.78, 5) is 11.7. The third kappa shape index (κ3) is 3.05. The molecule has 3 N–H and O–H groups in total. The maximum Gasteiger partial charge on any atom is 0.320 e. The predicted octanol–water partition coefficient (Wildman–Crippen LogP) is 1.36. The van der Waals surface area contributed by atoms with Gasteiger partial charge in [-0.2, -0.15) is 0 Å². The van der Waals surface area contributed by atoms with Crippen LogP contribution in [0.15, 0.2) is 29.2 Å². The standard InChI is InChI=1S/C10H13NO2S/c1-14-8-4-2-3-7(5-8)6-9(11)10(12)13/h2-5,9H,6,11H2,1H3,(H,12,13). The number of hydrogen-bond donors (Lipinski definition) is 2. The largest absolute Gasteiger partial charge is 0.480 e. The quantitative estimate of drug-likeness (QED) is 0.738. The molecule has 0 fully saturated rings. The molecule has 0 radical (unpaired) electrons. The van der Waals surface area contributed by atoms with Crippen molar-refractivity contribution in [3.05, 3.63) is 29.8 Å². The van der Waals surface area contributed by atoms with Crippen molar-refractivity contribution in [1.82, 2.24) is 0 Å². The zero-order chi connectivity index (χ0) is 10.6. The molecule has 1 atom stereocenters. The van der Waals surface area contributed by atoms with Gasteiger partial charge >= 0.3 is 5.97 Å². The first-order valence-corrected chi connectivity index (χ1v) is 5.47. The van der Waals surface area contributed by atoms with Crippen LogP contribution >= 0.6 is 11.8 Å². The molecule has 0 aliphatic rings. The number of benzene rings is 1. The van der Waals surface area contributed by atoms with Crippen molar-refractivity contribution >= 4 is 17.7 Å². The van der Waals surface area contributed by atoms with Gasteiger partial charge in [-0.3, -0.25) is 4.79 Å². The highest BCUT2D eigenvalue weighted by Crippen LogP contribution is 2.16. The number of rotatable bonds is 4. The molecule has 4 heteroatoms. The average molecular weight is 211 g/mol. The van der Waals surface area contributed by atoms with Crippen LogP contribution < -0.4 is 5.73 Å². The van der Waals surface area contributed by atoms with Crippen LogP contribution in [0.25, 0.3) is 0 Å². The summed E-state index contributed by atoms with van der Waals surface area (Å²) in [7, 11) is 0. The molecule has 0 amide bonds. The highest BCUT2D eigenvalue weighted by molar-refractivity contribution is 7.98. The summed E-state index contributed by atoms with van der Waals surface area (Å²) in [5.41, 5.74) is 6.40. The van der Waals surface area contributed by atoms with Crippen LogP contribution in [0.3, 0.4) is 0 Å². The lowest BCUT2D eigenvalue weighted by Crippen LogP contribution is -2.32. The molecule has 0 spiro atoms. The first-order chi connectivity index (χ1) is 6.63. The molecule has 0 bridgehead atoms. The number of carbonyl (C=O) groups is 1. The Hall–Kier alpha value is -1.00. The average Bonchev–Trinajstić information content (AvgIpc) is 2.18. The summed E-state index contributed by atoms with van der Waals surface area (Å²) < 4.78 is 0. The highest BCUT2D eigenvalue weighted by atomic mass is 32.2. The Kier molecular flexibility index (Phi) is 3.98. The van der Waals surface area contributed by atoms with Crippen LogP contribution in [0.2, 0.25) is 0 Å². The van der Waals surface area contributed by atoms with E-state index in [9.17, 15) is 4.79 Å². The van der Waals surface area contributed by atoms with Crippen molar-refractivity contribution in [1.29, 1.82) is 0 Å². The van der Waals surface area contributed by atoms with Gasteiger partial charge in [0.05, 0.1) is 0 Å². The summed E-state index contributed by atoms with van der Waals surface area (Å²) in [5.74, 6) is -0.959. The van der Waals surface area contributed by atoms with Gasteiger partial charge in [0.15, 0.2) is 0 Å². The Balaban J connectivity index is 2.71. The van der Waals surface area contributed by atoms with E-state index in [2.05, 4.69) is 0 Å². The molecule has 0 aliphatic heterocycles. The van der Waals surface area contributed by atoms with E-state index >= 15 is 0 Å². The summed E-state index contributed by atoms with van der Waals surface area (Å²) in [5, 5.41) is 8.64. The Bertz CT molecular complexity index is 328. The molecule has 3 nitrogen and oxygen atoms in total. The normalized spacial score (nSPS) is 12.4. The van der Waals surface area contributed by atoms with E-state index in [1.807, 2.05) is 30.5 Å². The molecule has 76 valence electrons. The van der Waals surface area contributed by atoms with Gasteiger partial charge in [-0.15, -0.1) is 11.8 Å². The first kappa shape index (κ1) is 11.1. The lowest BCUT2D eigenvalue weighted by molar-refractivity contribution is -0.138. The number of carboxylic acid groups (broad SMARTS) is 1. The van der Waals surface area contributed by atoms with E-state index in [0.717, 1.165) is 10.5 Å². The van der Waals surface area contributed by atoms with Crippen LogP contribution in [0.4, 0.5) is 0 Å². The Morgan fingerprint density at radius 3 is 2.93 bits per heavy atom. The van der Waals surface area contributed by atoms with Gasteiger partial charge in [0.2, 0.25) is 0 Å². The fourth-order valence-electron chi connectivity index (χ4n) is 1.14. The molecule has 0 aromatic heterocycles. The Morgan fingerprint density at radius 2 is 2.36 bits per heavy atom. The van der Waals surface area contributed by atoms with Gasteiger partial charge in [-0.1, -0.05) is 12.1 Å². The summed E-state index contributed by atoms with van der Waals surface area (Å²) in [6.45, 7) is 0. The van der Waals surface area contributed by atoms with Crippen LogP contribution in [0.1, 0.15) is 5.56 Å². The molecule has 0 heterocycles. The minimum atomic E-state index is -0.959. The van der Waals surface area contributed by atoms with Crippen LogP contribution in [-0.4, -0.2) is 23.4 Å². The second-order valence-electron chi connectivity index (χ2n) is 3.00. The first-order valence-electron chi connectivity index (χ1n) is 4.25. The summed E-state index contributed by atoms with van der Waals surface area (Å²) in [6.07, 6.45) is 2.36. The van der Waals surface area contributed by atoms with Crippen molar-refractivity contribution in [2.75, 3.05) is 6.26 Å². The van der Waals surface area contributed by atoms with Gasteiger partial charge in [0, 0.05) is 4.90 Å². The number of aliphatic carboxylic acids is 1. The second kappa shape index (κ2) is 5.02. The van der Waals surface area contributed by atoms with E-state index in [1.165, 1.54) is 0 Å². The summed E-state index contributed by atoms with van der Waals surface area (Å²) in [6, 6.07) is 6.94. The van der Waals surface area contributed by atoms with E-state index in [-0.39, 0.29) is 0 Å². The van der Waals surface area contributed by atoms with E-state index in [0.29, 0.717) is 6.42 Å². The van der Waals surface area contributed by atoms with Crippen LogP contribution in [0, 0.1) is 0 Å². The highest BCUT2D eigenvalue weighted by Gasteiger charge is 2.11. The van der Waals surface area contributed by atoms with Gasteiger partial charge in [0.1, 0.15) is 6.04 Å². The maximum atomic E-state index is 10.5. The van der Waals surface area contributed by atoms with Crippen molar-refractivity contribution < 1.29 is 9.90 Å². The molecule has 0 aliphatic carbocycles. The van der Waals surface area contributed by atoms with Crippen molar-refractivity contribution in [2.45, 2.75) is 17.4 Å². The Labute approximate surface area is 87.3 Å². The van der Waals surface area contributed by atoms with Gasteiger partial charge < -0.3 is 10.8 Å². The van der Waals surface area contributed by atoms with E-state index in [1.54, 1.807) is 11.8 Å². The number of hydrogen-bond acceptors (Lipinski definition) is 3. The SMILES string of the molecule is CSc1cccc(CC(N)C(=O)O)c1. The molecule has 0 saturated carbocycles. The van der Waals surface area contributed by atoms with E-state index < -0.39 is 12.0 Å². The van der Waals surface area contributed by atoms with E-state index in [4.69, 9.17) is 10.8 Å². The molecular formula is C10H13NO2S. The number of carboxylic acids is 1. The minimum Gasteiger partial charge on any atom is -0.480 e. The monoisotopic (exact) mass is 211 g/mol. The van der Waals surface area contributed by atoms with Gasteiger partial charge in [0.25, 0.3) is 0 Å². The van der Waals surface area contributed by atoms with Crippen molar-refractivity contribution in [3.63, 3.8) is 0 Å². The fourth-order valence-corrected chi connectivity index (χ4v) is 1.62.